The van der Waals surface area contributed by atoms with Crippen molar-refractivity contribution < 1.29 is 37.6 Å². The number of nitrogens with zero attached hydrogens (tertiary/aromatic N) is 3. The maximum absolute atomic E-state index is 12.8. The minimum Gasteiger partial charge on any atom is -0.508 e. The number of nitrogens with two attached hydrogens (primary N) is 1. The van der Waals surface area contributed by atoms with Crippen molar-refractivity contribution in [2.24, 2.45) is 5.73 Å². The molecule has 6 N–H and O–H groups in total. The number of hydrogen-bond donors (Lipinski definition) is 5. The zero-order chi connectivity index (χ0) is 26.2. The Morgan fingerprint density at radius 2 is 1.97 bits per heavy atom. The quantitative estimate of drug-likeness (QED) is 0.154. The van der Waals surface area contributed by atoms with Gasteiger partial charge in [0.05, 0.1) is 0 Å². The molecule has 0 spiro atoms. The van der Waals surface area contributed by atoms with Gasteiger partial charge in [-0.1, -0.05) is 35.2 Å². The Hall–Kier alpha value is -2.70. The lowest BCUT2D eigenvalue weighted by Crippen LogP contribution is -2.71. The van der Waals surface area contributed by atoms with Gasteiger partial charge in [-0.25, -0.2) is 4.79 Å². The van der Waals surface area contributed by atoms with Crippen molar-refractivity contribution in [3.8, 4) is 5.75 Å². The highest BCUT2D eigenvalue weighted by molar-refractivity contribution is 8.01. The molecule has 2 aliphatic heterocycles. The monoisotopic (exact) mass is 573 g/mol. The molecule has 192 valence electrons. The van der Waals surface area contributed by atoms with Crippen LogP contribution in [0.1, 0.15) is 16.6 Å². The van der Waals surface area contributed by atoms with Crippen LogP contribution in [-0.4, -0.2) is 79.0 Å². The maximum Gasteiger partial charge on any atom is 0.352 e. The number of rotatable bonds is 9. The van der Waals surface area contributed by atoms with Gasteiger partial charge in [0.15, 0.2) is 4.34 Å². The lowest BCUT2D eigenvalue weighted by Gasteiger charge is -2.49. The zero-order valence-corrected chi connectivity index (χ0v) is 21.4. The summed E-state index contributed by atoms with van der Waals surface area (Å²) in [6.45, 7) is 0. The highest BCUT2D eigenvalue weighted by Gasteiger charge is 2.54. The summed E-state index contributed by atoms with van der Waals surface area (Å²) in [4.78, 5) is 38.6. The summed E-state index contributed by atoms with van der Waals surface area (Å²) in [6.07, 6.45) is 0. The summed E-state index contributed by atoms with van der Waals surface area (Å²) in [5.74, 6) is -2.70. The molecule has 2 aromatic rings. The number of aliphatic carboxylic acids is 1. The van der Waals surface area contributed by atoms with Crippen molar-refractivity contribution in [2.45, 2.75) is 27.6 Å². The lowest BCUT2D eigenvalue weighted by molar-refractivity contribution is -0.150. The third-order valence-corrected chi connectivity index (χ3v) is 9.51. The van der Waals surface area contributed by atoms with E-state index in [9.17, 15) is 33.0 Å². The Kier molecular flexibility index (Phi) is 7.58. The topological polar surface area (TPSA) is 213 Å². The van der Waals surface area contributed by atoms with Gasteiger partial charge >= 0.3 is 5.97 Å². The summed E-state index contributed by atoms with van der Waals surface area (Å²) in [5, 5.41) is 28.8. The van der Waals surface area contributed by atoms with E-state index in [1.54, 1.807) is 0 Å². The Bertz CT molecular complexity index is 1340. The molecule has 2 amide bonds. The molecule has 36 heavy (non-hydrogen) atoms. The van der Waals surface area contributed by atoms with E-state index in [2.05, 4.69) is 15.5 Å². The Morgan fingerprint density at radius 1 is 1.28 bits per heavy atom. The van der Waals surface area contributed by atoms with Crippen molar-refractivity contribution in [3.63, 3.8) is 0 Å². The third kappa shape index (κ3) is 5.65. The molecule has 1 saturated heterocycles. The van der Waals surface area contributed by atoms with Crippen LogP contribution in [0.5, 0.6) is 5.75 Å². The summed E-state index contributed by atoms with van der Waals surface area (Å²) < 4.78 is 31.3. The first-order valence-electron chi connectivity index (χ1n) is 10.1. The average Bonchev–Trinajstić information content (AvgIpc) is 3.25. The van der Waals surface area contributed by atoms with Crippen LogP contribution in [0.25, 0.3) is 0 Å². The molecule has 2 unspecified atom stereocenters. The number of aromatic nitrogens is 2. The fourth-order valence-electron chi connectivity index (χ4n) is 3.53. The fourth-order valence-corrected chi connectivity index (χ4v) is 7.76. The molecule has 3 atom stereocenters. The third-order valence-electron chi connectivity index (χ3n) is 5.21. The van der Waals surface area contributed by atoms with E-state index in [1.807, 2.05) is 0 Å². The van der Waals surface area contributed by atoms with E-state index in [1.165, 1.54) is 36.0 Å². The second kappa shape index (κ2) is 10.3. The number of carboxylic acids is 1. The first-order valence-corrected chi connectivity index (χ1v) is 14.6. The largest absolute Gasteiger partial charge is 0.508 e. The van der Waals surface area contributed by atoms with Crippen molar-refractivity contribution in [2.75, 3.05) is 11.5 Å². The van der Waals surface area contributed by atoms with Gasteiger partial charge in [0.1, 0.15) is 39.7 Å². The number of carbonyl (C=O) groups excluding carboxylic acids is 2. The number of carbonyl (C=O) groups is 3. The molecule has 1 aromatic heterocycles. The van der Waals surface area contributed by atoms with E-state index in [-0.39, 0.29) is 28.0 Å². The Morgan fingerprint density at radius 3 is 2.61 bits per heavy atom. The van der Waals surface area contributed by atoms with E-state index in [4.69, 9.17) is 10.3 Å². The number of phenolic OH excluding ortho intramolecular Hbond substituents is 1. The number of thioether (sulfide) groups is 2. The molecule has 0 saturated carbocycles. The summed E-state index contributed by atoms with van der Waals surface area (Å²) in [5.41, 5.74) is 6.69. The van der Waals surface area contributed by atoms with Gasteiger partial charge in [0.2, 0.25) is 5.91 Å². The number of fused-ring (bicyclic) bond motifs is 1. The number of aromatic hydroxyl groups is 1. The molecule has 13 nitrogen and oxygen atoms in total. The molecule has 1 aromatic carbocycles. The standard InChI is InChI=1S/C19H19N5O8S4/c20-12(8-1-3-10(25)4-2-8)15(26)21-13-16(27)24-14(18(28)29)9(5-33-17(13)24)6-34-19-23-22-11(35-19)7-36(30,31)32/h1-4,12-13,17,25H,5-7,20H2,(H,21,26)(H,28,29)(H,30,31,32)/t12?,13?,17-/m1/s1. The first kappa shape index (κ1) is 26.4. The van der Waals surface area contributed by atoms with E-state index >= 15 is 0 Å². The minimum atomic E-state index is -4.25. The highest BCUT2D eigenvalue weighted by Crippen LogP contribution is 2.42. The summed E-state index contributed by atoms with van der Waals surface area (Å²) in [7, 11) is -4.25. The van der Waals surface area contributed by atoms with Gasteiger partial charge in [-0.2, -0.15) is 8.42 Å². The van der Waals surface area contributed by atoms with E-state index in [0.29, 0.717) is 15.5 Å². The van der Waals surface area contributed by atoms with Crippen LogP contribution < -0.4 is 11.1 Å². The van der Waals surface area contributed by atoms with Crippen molar-refractivity contribution in [1.29, 1.82) is 0 Å². The minimum absolute atomic E-state index is 0.0152. The predicted molar refractivity (Wildman–Crippen MR) is 131 cm³/mol. The van der Waals surface area contributed by atoms with Gasteiger partial charge in [0.25, 0.3) is 16.0 Å². The lowest BCUT2D eigenvalue weighted by atomic mass is 10.0. The smallest absolute Gasteiger partial charge is 0.352 e. The molecule has 0 radical (unpaired) electrons. The second-order valence-corrected chi connectivity index (χ2v) is 12.5. The number of β-lactam (4-membered cyclic amide) rings is 1. The summed E-state index contributed by atoms with van der Waals surface area (Å²) >= 11 is 3.37. The predicted octanol–water partition coefficient (Wildman–Crippen LogP) is 0.162. The molecule has 0 aliphatic carbocycles. The van der Waals surface area contributed by atoms with Crippen LogP contribution in [-0.2, 0) is 30.3 Å². The van der Waals surface area contributed by atoms with Crippen LogP contribution >= 0.6 is 34.9 Å². The SMILES string of the molecule is NC(C(=O)NC1C(=O)N2C(C(=O)O)=C(CSc3nnc(CS(=O)(=O)O)s3)CS[C@H]12)c1ccc(O)cc1. The summed E-state index contributed by atoms with van der Waals surface area (Å²) in [6, 6.07) is 3.72. The molecule has 0 bridgehead atoms. The van der Waals surface area contributed by atoms with Crippen LogP contribution in [0.15, 0.2) is 39.9 Å². The molecule has 3 heterocycles. The van der Waals surface area contributed by atoms with E-state index in [0.717, 1.165) is 28.0 Å². The maximum atomic E-state index is 12.8. The van der Waals surface area contributed by atoms with Crippen molar-refractivity contribution in [3.05, 3.63) is 46.1 Å². The Balaban J connectivity index is 1.42. The number of phenols is 1. The number of benzene rings is 1. The van der Waals surface area contributed by atoms with Crippen LogP contribution in [0.4, 0.5) is 0 Å². The van der Waals surface area contributed by atoms with Crippen LogP contribution in [0.3, 0.4) is 0 Å². The molecular formula is C19H19N5O8S4. The number of hydrogen-bond acceptors (Lipinski definition) is 12. The van der Waals surface area contributed by atoms with Crippen LogP contribution in [0.2, 0.25) is 0 Å². The van der Waals surface area contributed by atoms with Gasteiger partial charge in [0, 0.05) is 11.5 Å². The normalized spacial score (nSPS) is 20.5. The molecular weight excluding hydrogens is 555 g/mol. The fraction of sp³-hybridized carbons (Fsp3) is 0.316. The number of carboxylic acid groups (broad SMARTS) is 1. The van der Waals surface area contributed by atoms with Crippen molar-refractivity contribution >= 4 is 62.8 Å². The zero-order valence-electron chi connectivity index (χ0n) is 18.1. The average molecular weight is 574 g/mol. The second-order valence-electron chi connectivity index (χ2n) is 7.70. The highest BCUT2D eigenvalue weighted by atomic mass is 32.2. The van der Waals surface area contributed by atoms with Crippen molar-refractivity contribution in [1.82, 2.24) is 20.4 Å². The first-order chi connectivity index (χ1) is 16.9. The molecule has 4 rings (SSSR count). The van der Waals surface area contributed by atoms with Gasteiger partial charge < -0.3 is 21.3 Å². The number of amides is 2. The van der Waals surface area contributed by atoms with E-state index < -0.39 is 51.1 Å². The van der Waals surface area contributed by atoms with Gasteiger partial charge in [-0.05, 0) is 23.3 Å². The molecule has 2 aliphatic rings. The molecule has 1 fully saturated rings. The van der Waals surface area contributed by atoms with Gasteiger partial charge in [-0.15, -0.1) is 22.0 Å². The number of nitrogens with one attached hydrogen (secondary N) is 1. The van der Waals surface area contributed by atoms with Crippen LogP contribution in [0, 0.1) is 0 Å². The Labute approximate surface area is 216 Å². The molecule has 17 heteroatoms. The van der Waals surface area contributed by atoms with Gasteiger partial charge in [-0.3, -0.25) is 19.0 Å².